The molecule has 1 aromatic carbocycles. The van der Waals surface area contributed by atoms with Gasteiger partial charge in [0.2, 0.25) is 5.91 Å². The second kappa shape index (κ2) is 13.3. The highest BCUT2D eigenvalue weighted by atomic mass is 16.4. The number of rotatable bonds is 9. The van der Waals surface area contributed by atoms with Gasteiger partial charge in [0.1, 0.15) is 0 Å². The summed E-state index contributed by atoms with van der Waals surface area (Å²) in [5.74, 6) is -1.74. The summed E-state index contributed by atoms with van der Waals surface area (Å²) in [7, 11) is 0. The van der Waals surface area contributed by atoms with E-state index in [-0.39, 0.29) is 25.3 Å². The SMILES string of the molecule is NCCC[C@H](N)C(=O)Nc1cccc(C(=O)NCCC(=O)O)c1.O=CO. The molecule has 0 spiro atoms. The van der Waals surface area contributed by atoms with Crippen molar-refractivity contribution < 1.29 is 29.4 Å². The van der Waals surface area contributed by atoms with Crippen LogP contribution in [0.3, 0.4) is 0 Å². The van der Waals surface area contributed by atoms with E-state index >= 15 is 0 Å². The Kier molecular flexibility index (Phi) is 11.8. The molecule has 26 heavy (non-hydrogen) atoms. The third kappa shape index (κ3) is 10.0. The molecule has 1 atom stereocenters. The molecule has 0 heterocycles. The van der Waals surface area contributed by atoms with Crippen LogP contribution in [-0.4, -0.2) is 53.6 Å². The topological polar surface area (TPSA) is 185 Å². The predicted molar refractivity (Wildman–Crippen MR) is 94.6 cm³/mol. The van der Waals surface area contributed by atoms with Crippen LogP contribution in [0.1, 0.15) is 29.6 Å². The molecule has 0 unspecified atom stereocenters. The quantitative estimate of drug-likeness (QED) is 0.318. The molecule has 0 aromatic heterocycles. The third-order valence-corrected chi connectivity index (χ3v) is 3.07. The van der Waals surface area contributed by atoms with Crippen molar-refractivity contribution in [2.24, 2.45) is 11.5 Å². The van der Waals surface area contributed by atoms with E-state index in [1.807, 2.05) is 0 Å². The van der Waals surface area contributed by atoms with Crippen LogP contribution in [0.2, 0.25) is 0 Å². The molecule has 0 saturated carbocycles. The van der Waals surface area contributed by atoms with Crippen molar-refractivity contribution in [2.75, 3.05) is 18.4 Å². The molecule has 8 N–H and O–H groups in total. The van der Waals surface area contributed by atoms with Crippen LogP contribution in [0.15, 0.2) is 24.3 Å². The van der Waals surface area contributed by atoms with Crippen molar-refractivity contribution in [3.05, 3.63) is 29.8 Å². The molecule has 0 radical (unpaired) electrons. The van der Waals surface area contributed by atoms with Gasteiger partial charge in [-0.1, -0.05) is 6.07 Å². The number of carboxylic acids is 1. The summed E-state index contributed by atoms with van der Waals surface area (Å²) in [6, 6.07) is 5.67. The molecule has 1 rings (SSSR count). The van der Waals surface area contributed by atoms with E-state index in [0.29, 0.717) is 30.6 Å². The molecule has 0 aliphatic heterocycles. The molecule has 2 amide bonds. The van der Waals surface area contributed by atoms with Crippen LogP contribution < -0.4 is 22.1 Å². The summed E-state index contributed by atoms with van der Waals surface area (Å²) in [6.07, 6.45) is 0.983. The normalized spacial score (nSPS) is 10.7. The number of carbonyl (C=O) groups is 4. The van der Waals surface area contributed by atoms with Gasteiger partial charge in [0, 0.05) is 17.8 Å². The van der Waals surface area contributed by atoms with Crippen LogP contribution in [-0.2, 0) is 14.4 Å². The van der Waals surface area contributed by atoms with Crippen LogP contribution in [0.25, 0.3) is 0 Å². The van der Waals surface area contributed by atoms with Gasteiger partial charge in [-0.2, -0.15) is 0 Å². The lowest BCUT2D eigenvalue weighted by molar-refractivity contribution is -0.136. The average Bonchev–Trinajstić information content (AvgIpc) is 2.60. The van der Waals surface area contributed by atoms with Gasteiger partial charge in [-0.05, 0) is 37.6 Å². The Balaban J connectivity index is 0.00000194. The van der Waals surface area contributed by atoms with Crippen molar-refractivity contribution in [3.63, 3.8) is 0 Å². The first-order valence-corrected chi connectivity index (χ1v) is 7.80. The van der Waals surface area contributed by atoms with E-state index in [9.17, 15) is 14.4 Å². The van der Waals surface area contributed by atoms with Crippen molar-refractivity contribution in [2.45, 2.75) is 25.3 Å². The van der Waals surface area contributed by atoms with Crippen LogP contribution in [0.4, 0.5) is 5.69 Å². The molecule has 10 heteroatoms. The zero-order chi connectivity index (χ0) is 19.9. The zero-order valence-corrected chi connectivity index (χ0v) is 14.2. The van der Waals surface area contributed by atoms with Crippen molar-refractivity contribution in [1.29, 1.82) is 0 Å². The fourth-order valence-corrected chi connectivity index (χ4v) is 1.83. The first kappa shape index (κ1) is 23.0. The van der Waals surface area contributed by atoms with E-state index in [1.165, 1.54) is 6.07 Å². The van der Waals surface area contributed by atoms with E-state index in [2.05, 4.69) is 10.6 Å². The number of nitrogens with one attached hydrogen (secondary N) is 2. The number of aliphatic carboxylic acids is 1. The summed E-state index contributed by atoms with van der Waals surface area (Å²) < 4.78 is 0. The molecule has 0 saturated heterocycles. The zero-order valence-electron chi connectivity index (χ0n) is 14.2. The standard InChI is InChI=1S/C15H22N4O4.CH2O2/c16-7-2-5-12(17)15(23)19-11-4-1-3-10(9-11)14(22)18-8-6-13(20)21;2-1-3/h1,3-4,9,12H,2,5-8,16-17H2,(H,18,22)(H,19,23)(H,20,21);1H,(H,2,3)/t12-;/m0./s1. The second-order valence-corrected chi connectivity index (χ2v) is 5.11. The minimum atomic E-state index is -0.988. The highest BCUT2D eigenvalue weighted by molar-refractivity contribution is 5.98. The van der Waals surface area contributed by atoms with Crippen LogP contribution >= 0.6 is 0 Å². The monoisotopic (exact) mass is 368 g/mol. The predicted octanol–water partition coefficient (Wildman–Crippen LogP) is -0.403. The summed E-state index contributed by atoms with van der Waals surface area (Å²) in [5.41, 5.74) is 11.9. The second-order valence-electron chi connectivity index (χ2n) is 5.11. The largest absolute Gasteiger partial charge is 0.483 e. The van der Waals surface area contributed by atoms with Gasteiger partial charge in [0.05, 0.1) is 12.5 Å². The first-order chi connectivity index (χ1) is 12.3. The maximum absolute atomic E-state index is 11.9. The van der Waals surface area contributed by atoms with E-state index < -0.39 is 17.9 Å². The summed E-state index contributed by atoms with van der Waals surface area (Å²) in [6.45, 7) is 0.252. The van der Waals surface area contributed by atoms with Crippen molar-refractivity contribution in [3.8, 4) is 0 Å². The number of hydrogen-bond donors (Lipinski definition) is 6. The van der Waals surface area contributed by atoms with Crippen LogP contribution in [0, 0.1) is 0 Å². The Morgan fingerprint density at radius 1 is 1.27 bits per heavy atom. The van der Waals surface area contributed by atoms with Gasteiger partial charge < -0.3 is 32.3 Å². The van der Waals surface area contributed by atoms with Gasteiger partial charge in [0.25, 0.3) is 12.4 Å². The number of nitrogens with two attached hydrogens (primary N) is 2. The van der Waals surface area contributed by atoms with Gasteiger partial charge in [-0.3, -0.25) is 19.2 Å². The Hall–Kier alpha value is -2.98. The van der Waals surface area contributed by atoms with Crippen molar-refractivity contribution in [1.82, 2.24) is 5.32 Å². The van der Waals surface area contributed by atoms with Crippen molar-refractivity contribution >= 4 is 29.9 Å². The molecule has 0 fully saturated rings. The fraction of sp³-hybridized carbons (Fsp3) is 0.375. The molecule has 0 aliphatic rings. The first-order valence-electron chi connectivity index (χ1n) is 7.80. The smallest absolute Gasteiger partial charge is 0.305 e. The number of hydrogen-bond acceptors (Lipinski definition) is 6. The minimum Gasteiger partial charge on any atom is -0.483 e. The number of carbonyl (C=O) groups excluding carboxylic acids is 2. The van der Waals surface area contributed by atoms with E-state index in [1.54, 1.807) is 18.2 Å². The number of carboxylic acid groups (broad SMARTS) is 2. The third-order valence-electron chi connectivity index (χ3n) is 3.07. The number of anilines is 1. The number of amides is 2. The summed E-state index contributed by atoms with van der Waals surface area (Å²) in [4.78, 5) is 42.6. The van der Waals surface area contributed by atoms with E-state index in [0.717, 1.165) is 0 Å². The van der Waals surface area contributed by atoms with Crippen LogP contribution in [0.5, 0.6) is 0 Å². The average molecular weight is 368 g/mol. The lowest BCUT2D eigenvalue weighted by Gasteiger charge is -2.12. The molecule has 10 nitrogen and oxygen atoms in total. The van der Waals surface area contributed by atoms with Gasteiger partial charge in [-0.15, -0.1) is 0 Å². The minimum absolute atomic E-state index is 0.0364. The molecular weight excluding hydrogens is 344 g/mol. The van der Waals surface area contributed by atoms with Gasteiger partial charge >= 0.3 is 5.97 Å². The highest BCUT2D eigenvalue weighted by Gasteiger charge is 2.14. The lowest BCUT2D eigenvalue weighted by atomic mass is 10.1. The van der Waals surface area contributed by atoms with Gasteiger partial charge in [-0.25, -0.2) is 0 Å². The highest BCUT2D eigenvalue weighted by Crippen LogP contribution is 2.11. The summed E-state index contributed by atoms with van der Waals surface area (Å²) >= 11 is 0. The summed E-state index contributed by atoms with van der Waals surface area (Å²) in [5, 5.41) is 20.6. The van der Waals surface area contributed by atoms with E-state index in [4.69, 9.17) is 26.5 Å². The Bertz CT molecular complexity index is 608. The van der Waals surface area contributed by atoms with Gasteiger partial charge in [0.15, 0.2) is 0 Å². The maximum atomic E-state index is 11.9. The molecule has 0 bridgehead atoms. The lowest BCUT2D eigenvalue weighted by Crippen LogP contribution is -2.36. The number of benzene rings is 1. The molecule has 1 aromatic rings. The molecule has 144 valence electrons. The Morgan fingerprint density at radius 2 is 1.92 bits per heavy atom. The maximum Gasteiger partial charge on any atom is 0.305 e. The Labute approximate surface area is 150 Å². The Morgan fingerprint density at radius 3 is 2.50 bits per heavy atom. The fourth-order valence-electron chi connectivity index (χ4n) is 1.83. The molecular formula is C16H24N4O6. The molecule has 0 aliphatic carbocycles.